The fraction of sp³-hybridized carbons (Fsp3) is 0.500. The molecule has 4 saturated heterocycles. The van der Waals surface area contributed by atoms with Crippen molar-refractivity contribution in [2.24, 2.45) is 10.8 Å². The zero-order chi connectivity index (χ0) is 48.6. The summed E-state index contributed by atoms with van der Waals surface area (Å²) in [7, 11) is 0. The van der Waals surface area contributed by atoms with Gasteiger partial charge in [-0.2, -0.15) is 9.97 Å². The number of pyridine rings is 1. The van der Waals surface area contributed by atoms with Gasteiger partial charge in [-0.1, -0.05) is 13.0 Å². The van der Waals surface area contributed by atoms with Gasteiger partial charge in [-0.15, -0.1) is 0 Å². The van der Waals surface area contributed by atoms with Crippen molar-refractivity contribution in [3.63, 3.8) is 0 Å². The van der Waals surface area contributed by atoms with Crippen molar-refractivity contribution >= 4 is 51.1 Å². The van der Waals surface area contributed by atoms with Crippen LogP contribution in [0.5, 0.6) is 11.8 Å². The second-order valence-corrected chi connectivity index (χ2v) is 21.9. The average Bonchev–Trinajstić information content (AvgIpc) is 3.91. The first-order valence-corrected chi connectivity index (χ1v) is 25.5. The normalized spacial score (nSPS) is 25.0. The molecule has 2 aliphatic carbocycles. The lowest BCUT2D eigenvalue weighted by Crippen LogP contribution is -2.56. The quantitative estimate of drug-likeness (QED) is 0.138. The molecule has 0 radical (unpaired) electrons. The van der Waals surface area contributed by atoms with E-state index >= 15 is 8.78 Å². The number of fused-ring (bicyclic) bond motifs is 4. The highest BCUT2D eigenvalue weighted by Crippen LogP contribution is 2.54. The average molecular weight is 967 g/mol. The highest BCUT2D eigenvalue weighted by atomic mass is 19.1. The standard InChI is InChI=1S/C54H56F2N8O7/c1-2-35-40(55)5-4-30-18-34(65)21-38(43(30)35)45-44(56)46-39(24-57-45)47(62-14-3-8-54(28-62)13-17-71-54)60-51(59-46)70-29-53(9-10-53)27-61-15-11-52(12-16-61)22-33(23-52)63-25-31-19-36-37(20-32(31)26-63)50(69)64(49(36)68)41-6-7-42(66)58-48(41)67/h4-5,18-21,24,33,41,65H,2-3,6-17,22-23,25-29H2,1H3,(H,58,66,67)/t41?,54-/m0/s1. The number of carbonyl (C=O) groups is 4. The number of ether oxygens (including phenoxy) is 2. The summed E-state index contributed by atoms with van der Waals surface area (Å²) in [4.78, 5) is 73.8. The van der Waals surface area contributed by atoms with Crippen LogP contribution in [-0.2, 0) is 33.8 Å². The predicted molar refractivity (Wildman–Crippen MR) is 257 cm³/mol. The van der Waals surface area contributed by atoms with E-state index in [1.54, 1.807) is 18.3 Å². The number of aromatic hydroxyl groups is 1. The van der Waals surface area contributed by atoms with E-state index in [0.717, 1.165) is 93.4 Å². The summed E-state index contributed by atoms with van der Waals surface area (Å²) in [6, 6.07) is 9.20. The van der Waals surface area contributed by atoms with Crippen molar-refractivity contribution in [3.8, 4) is 23.0 Å². The van der Waals surface area contributed by atoms with Gasteiger partial charge >= 0.3 is 6.01 Å². The molecule has 5 aromatic rings. The Hall–Kier alpha value is -6.17. The van der Waals surface area contributed by atoms with E-state index in [4.69, 9.17) is 19.4 Å². The van der Waals surface area contributed by atoms with Crippen LogP contribution in [0, 0.1) is 22.5 Å². The first kappa shape index (κ1) is 44.7. The fourth-order valence-corrected chi connectivity index (χ4v) is 13.2. The maximum Gasteiger partial charge on any atom is 0.319 e. The second kappa shape index (κ2) is 16.4. The van der Waals surface area contributed by atoms with Crippen LogP contribution < -0.4 is 15.0 Å². The van der Waals surface area contributed by atoms with Crippen LogP contribution in [-0.4, -0.2) is 122 Å². The first-order chi connectivity index (χ1) is 34.3. The number of aryl methyl sites for hydroxylation is 1. The van der Waals surface area contributed by atoms with E-state index in [2.05, 4.69) is 25.0 Å². The van der Waals surface area contributed by atoms with Crippen molar-refractivity contribution < 1.29 is 42.5 Å². The number of nitrogens with zero attached hydrogens (tertiary/aromatic N) is 7. The molecule has 8 aliphatic rings. The zero-order valence-electron chi connectivity index (χ0n) is 39.8. The minimum atomic E-state index is -0.975. The summed E-state index contributed by atoms with van der Waals surface area (Å²) in [6.07, 6.45) is 11.5. The molecular weight excluding hydrogens is 911 g/mol. The number of hydrogen-bond donors (Lipinski definition) is 2. The van der Waals surface area contributed by atoms with Crippen LogP contribution in [0.2, 0.25) is 0 Å². The van der Waals surface area contributed by atoms with Crippen molar-refractivity contribution in [2.75, 3.05) is 50.8 Å². The Kier molecular flexibility index (Phi) is 10.4. The molecule has 2 spiro atoms. The SMILES string of the molecule is CCc1c(F)ccc2cc(O)cc(-c3ncc4c(N5CCC[C@]6(CCO6)C5)nc(OCC5(CN6CCC7(CC6)CC(N6Cc8cc9c(cc8C6)C(=O)N(C6CCC(=O)NC6=O)C9=O)C7)CC5)nc4c3F)c12. The zero-order valence-corrected chi connectivity index (χ0v) is 39.8. The molecule has 17 heteroatoms. The molecule has 15 nitrogen and oxygen atoms in total. The molecule has 3 aromatic carbocycles. The Balaban J connectivity index is 0.679. The van der Waals surface area contributed by atoms with Crippen LogP contribution in [0.3, 0.4) is 0 Å². The molecule has 13 rings (SSSR count). The summed E-state index contributed by atoms with van der Waals surface area (Å²) in [6.45, 7) is 8.62. The molecule has 2 saturated carbocycles. The summed E-state index contributed by atoms with van der Waals surface area (Å²) in [5, 5.41) is 14.6. The van der Waals surface area contributed by atoms with Crippen molar-refractivity contribution in [1.29, 1.82) is 0 Å². The Labute approximate surface area is 408 Å². The summed E-state index contributed by atoms with van der Waals surface area (Å²) < 4.78 is 45.1. The van der Waals surface area contributed by atoms with Crippen LogP contribution in [0.1, 0.15) is 115 Å². The van der Waals surface area contributed by atoms with E-state index in [1.165, 1.54) is 12.1 Å². The lowest BCUT2D eigenvalue weighted by atomic mass is 9.60. The highest BCUT2D eigenvalue weighted by molar-refractivity contribution is 6.23. The molecule has 2 aromatic heterocycles. The maximum atomic E-state index is 17.3. The number of anilines is 1. The van der Waals surface area contributed by atoms with Gasteiger partial charge in [0.1, 0.15) is 34.6 Å². The predicted octanol–water partition coefficient (Wildman–Crippen LogP) is 6.97. The van der Waals surface area contributed by atoms with Gasteiger partial charge in [-0.3, -0.25) is 39.3 Å². The van der Waals surface area contributed by atoms with Crippen LogP contribution >= 0.6 is 0 Å². The minimum Gasteiger partial charge on any atom is -0.508 e. The monoisotopic (exact) mass is 966 g/mol. The number of hydrogen-bond acceptors (Lipinski definition) is 13. The Morgan fingerprint density at radius 3 is 2.32 bits per heavy atom. The molecule has 4 amide bonds. The number of carbonyl (C=O) groups excluding carboxylic acids is 4. The molecule has 0 bridgehead atoms. The Bertz CT molecular complexity index is 3080. The molecule has 2 N–H and O–H groups in total. The van der Waals surface area contributed by atoms with Gasteiger partial charge in [0.15, 0.2) is 5.82 Å². The van der Waals surface area contributed by atoms with E-state index in [1.807, 2.05) is 19.1 Å². The number of halogens is 2. The Morgan fingerprint density at radius 1 is 0.901 bits per heavy atom. The highest BCUT2D eigenvalue weighted by Gasteiger charge is 2.52. The van der Waals surface area contributed by atoms with E-state index in [-0.39, 0.29) is 46.8 Å². The van der Waals surface area contributed by atoms with Crippen LogP contribution in [0.15, 0.2) is 42.6 Å². The molecule has 8 heterocycles. The number of phenolic OH excluding ortho intramolecular Hbond substituents is 1. The topological polar surface area (TPSA) is 171 Å². The molecule has 6 fully saturated rings. The second-order valence-electron chi connectivity index (χ2n) is 21.9. The van der Waals surface area contributed by atoms with E-state index < -0.39 is 41.3 Å². The third kappa shape index (κ3) is 7.46. The molecule has 71 heavy (non-hydrogen) atoms. The third-order valence-electron chi connectivity index (χ3n) is 17.5. The van der Waals surface area contributed by atoms with Crippen molar-refractivity contribution in [1.82, 2.24) is 35.0 Å². The van der Waals surface area contributed by atoms with E-state index in [0.29, 0.717) is 102 Å². The van der Waals surface area contributed by atoms with E-state index in [9.17, 15) is 24.3 Å². The fourth-order valence-electron chi connectivity index (χ4n) is 13.2. The van der Waals surface area contributed by atoms with Crippen LogP contribution in [0.25, 0.3) is 32.9 Å². The smallest absolute Gasteiger partial charge is 0.319 e. The van der Waals surface area contributed by atoms with Crippen molar-refractivity contribution in [3.05, 3.63) is 82.0 Å². The van der Waals surface area contributed by atoms with Crippen LogP contribution in [0.4, 0.5) is 14.6 Å². The van der Waals surface area contributed by atoms with Gasteiger partial charge < -0.3 is 24.4 Å². The lowest BCUT2D eigenvalue weighted by Gasteiger charge is -2.55. The third-order valence-corrected chi connectivity index (χ3v) is 17.5. The minimum absolute atomic E-state index is 0.0310. The molecule has 6 aliphatic heterocycles. The number of aromatic nitrogens is 3. The molecule has 368 valence electrons. The van der Waals surface area contributed by atoms with Gasteiger partial charge in [0.05, 0.1) is 35.3 Å². The number of imide groups is 2. The number of phenols is 1. The first-order valence-electron chi connectivity index (χ1n) is 25.5. The molecular formula is C54H56F2N8O7. The maximum absolute atomic E-state index is 17.3. The number of nitrogens with one attached hydrogen (secondary N) is 1. The number of piperidine rings is 3. The lowest BCUT2D eigenvalue weighted by molar-refractivity contribution is -0.151. The Morgan fingerprint density at radius 2 is 1.65 bits per heavy atom. The number of likely N-dealkylation sites (tertiary alicyclic amines) is 1. The van der Waals surface area contributed by atoms with Gasteiger partial charge in [0, 0.05) is 68.8 Å². The summed E-state index contributed by atoms with van der Waals surface area (Å²) >= 11 is 0. The number of amides is 4. The molecule has 1 unspecified atom stereocenters. The summed E-state index contributed by atoms with van der Waals surface area (Å²) in [5.41, 5.74) is 3.49. The summed E-state index contributed by atoms with van der Waals surface area (Å²) in [5.74, 6) is -2.55. The van der Waals surface area contributed by atoms with Gasteiger partial charge in [0.2, 0.25) is 11.8 Å². The largest absolute Gasteiger partial charge is 0.508 e. The van der Waals surface area contributed by atoms with Gasteiger partial charge in [-0.05, 0) is 141 Å². The van der Waals surface area contributed by atoms with Gasteiger partial charge in [-0.25, -0.2) is 8.78 Å². The van der Waals surface area contributed by atoms with Crippen molar-refractivity contribution in [2.45, 2.75) is 115 Å². The number of rotatable bonds is 10. The molecule has 2 atom stereocenters. The van der Waals surface area contributed by atoms with Gasteiger partial charge in [0.25, 0.3) is 11.8 Å². The number of benzene rings is 3.